The summed E-state index contributed by atoms with van der Waals surface area (Å²) < 4.78 is 73.0. The number of alkyl halides is 6. The van der Waals surface area contributed by atoms with Crippen molar-refractivity contribution in [1.29, 1.82) is 0 Å². The maximum atomic E-state index is 12.8. The lowest BCUT2D eigenvalue weighted by Gasteiger charge is -2.28. The summed E-state index contributed by atoms with van der Waals surface area (Å²) in [5.41, 5.74) is 0. The minimum absolute atomic E-state index is 0.806. The lowest BCUT2D eigenvalue weighted by Crippen LogP contribution is -2.48. The number of hydrogen-bond donors (Lipinski definition) is 2. The molecule has 0 aromatic carbocycles. The highest BCUT2D eigenvalue weighted by Gasteiger charge is 2.59. The molecule has 0 fully saturated rings. The Labute approximate surface area is 81.5 Å². The molecule has 0 aromatic heterocycles. The Morgan fingerprint density at radius 3 is 1.73 bits per heavy atom. The molecule has 0 saturated heterocycles. The van der Waals surface area contributed by atoms with E-state index in [-0.39, 0.29) is 0 Å². The van der Waals surface area contributed by atoms with Crippen LogP contribution in [0.25, 0.3) is 0 Å². The van der Waals surface area contributed by atoms with Crippen molar-refractivity contribution in [3.05, 3.63) is 0 Å². The summed E-state index contributed by atoms with van der Waals surface area (Å²) in [6.07, 6.45) is -10.8. The largest absolute Gasteiger partial charge is 0.425 e. The molecule has 0 rings (SSSR count). The number of halogens is 6. The van der Waals surface area contributed by atoms with Gasteiger partial charge in [-0.1, -0.05) is 0 Å². The van der Waals surface area contributed by atoms with Gasteiger partial charge in [0, 0.05) is 6.61 Å². The predicted octanol–water partition coefficient (Wildman–Crippen LogP) is 1.51. The van der Waals surface area contributed by atoms with Crippen LogP contribution in [0, 0.1) is 5.92 Å². The fourth-order valence-corrected chi connectivity index (χ4v) is 0.986. The third-order valence-corrected chi connectivity index (χ3v) is 1.87. The van der Waals surface area contributed by atoms with Crippen LogP contribution in [0.4, 0.5) is 26.3 Å². The van der Waals surface area contributed by atoms with Gasteiger partial charge in [0.1, 0.15) is 0 Å². The van der Waals surface area contributed by atoms with Gasteiger partial charge < -0.3 is 10.2 Å². The van der Waals surface area contributed by atoms with Crippen molar-refractivity contribution in [2.24, 2.45) is 5.92 Å². The van der Waals surface area contributed by atoms with E-state index in [2.05, 4.69) is 0 Å². The second kappa shape index (κ2) is 5.02. The van der Waals surface area contributed by atoms with Gasteiger partial charge in [0.05, 0.1) is 12.5 Å². The zero-order valence-electron chi connectivity index (χ0n) is 7.44. The van der Waals surface area contributed by atoms with Crippen molar-refractivity contribution in [2.45, 2.75) is 24.7 Å². The third kappa shape index (κ3) is 3.53. The lowest BCUT2D eigenvalue weighted by atomic mass is 9.95. The summed E-state index contributed by atoms with van der Waals surface area (Å²) in [6, 6.07) is 0. The van der Waals surface area contributed by atoms with Crippen molar-refractivity contribution in [3.63, 3.8) is 0 Å². The summed E-state index contributed by atoms with van der Waals surface area (Å²) >= 11 is 0. The van der Waals surface area contributed by atoms with Crippen LogP contribution in [0.15, 0.2) is 0 Å². The van der Waals surface area contributed by atoms with Crippen molar-refractivity contribution in [3.8, 4) is 0 Å². The molecule has 8 heteroatoms. The smallest absolute Gasteiger partial charge is 0.396 e. The zero-order valence-corrected chi connectivity index (χ0v) is 7.44. The minimum Gasteiger partial charge on any atom is -0.396 e. The van der Waals surface area contributed by atoms with Crippen molar-refractivity contribution < 1.29 is 36.6 Å². The van der Waals surface area contributed by atoms with Gasteiger partial charge in [-0.25, -0.2) is 13.2 Å². The summed E-state index contributed by atoms with van der Waals surface area (Å²) in [5, 5.41) is 16.6. The van der Waals surface area contributed by atoms with E-state index >= 15 is 0 Å². The van der Waals surface area contributed by atoms with Gasteiger partial charge in [0.2, 0.25) is 0 Å². The fraction of sp³-hybridized carbons (Fsp3) is 1.00. The Kier molecular flexibility index (Phi) is 4.85. The van der Waals surface area contributed by atoms with Crippen molar-refractivity contribution in [2.75, 3.05) is 13.2 Å². The van der Waals surface area contributed by atoms with Gasteiger partial charge in [-0.3, -0.25) is 0 Å². The highest BCUT2D eigenvalue weighted by Crippen LogP contribution is 2.40. The predicted molar refractivity (Wildman–Crippen MR) is 38.2 cm³/mol. The van der Waals surface area contributed by atoms with Gasteiger partial charge in [-0.05, 0) is 6.42 Å². The van der Waals surface area contributed by atoms with E-state index < -0.39 is 43.8 Å². The average Bonchev–Trinajstić information content (AvgIpc) is 2.11. The Morgan fingerprint density at radius 2 is 1.47 bits per heavy atom. The van der Waals surface area contributed by atoms with Crippen molar-refractivity contribution in [1.82, 2.24) is 0 Å². The second-order valence-corrected chi connectivity index (χ2v) is 2.97. The molecule has 0 aliphatic rings. The fourth-order valence-electron chi connectivity index (χ4n) is 0.986. The average molecular weight is 240 g/mol. The molecule has 92 valence electrons. The molecular formula is C7H10F6O2. The van der Waals surface area contributed by atoms with Crippen LogP contribution >= 0.6 is 0 Å². The number of aliphatic hydroxyl groups excluding tert-OH is 2. The van der Waals surface area contributed by atoms with E-state index in [9.17, 15) is 26.3 Å². The topological polar surface area (TPSA) is 40.5 Å². The van der Waals surface area contributed by atoms with E-state index in [4.69, 9.17) is 10.2 Å². The normalized spacial score (nSPS) is 17.6. The van der Waals surface area contributed by atoms with Crippen LogP contribution in [-0.2, 0) is 0 Å². The maximum absolute atomic E-state index is 12.8. The third-order valence-electron chi connectivity index (χ3n) is 1.87. The van der Waals surface area contributed by atoms with Crippen LogP contribution in [0.3, 0.4) is 0 Å². The Morgan fingerprint density at radius 1 is 1.00 bits per heavy atom. The van der Waals surface area contributed by atoms with Crippen LogP contribution in [0.2, 0.25) is 0 Å². The highest BCUT2D eigenvalue weighted by atomic mass is 19.4. The molecule has 0 spiro atoms. The standard InChI is InChI=1S/C7H10F6O2/c8-5(7(11,12)13)6(9,10)4(3-15)1-2-14/h4-5,14-15H,1-3H2. The first-order chi connectivity index (χ1) is 6.67. The molecular weight excluding hydrogens is 230 g/mol. The number of aliphatic hydroxyl groups is 2. The molecule has 0 heterocycles. The van der Waals surface area contributed by atoms with Crippen molar-refractivity contribution >= 4 is 0 Å². The van der Waals surface area contributed by atoms with Crippen LogP contribution in [0.1, 0.15) is 6.42 Å². The first-order valence-electron chi connectivity index (χ1n) is 3.98. The molecule has 0 saturated carbocycles. The van der Waals surface area contributed by atoms with Gasteiger partial charge >= 0.3 is 6.18 Å². The van der Waals surface area contributed by atoms with Gasteiger partial charge in [0.25, 0.3) is 12.1 Å². The Bertz CT molecular complexity index is 192. The SMILES string of the molecule is OCCC(CO)C(F)(F)C(F)C(F)(F)F. The van der Waals surface area contributed by atoms with Crippen LogP contribution in [-0.4, -0.2) is 41.7 Å². The number of rotatable bonds is 5. The van der Waals surface area contributed by atoms with Gasteiger partial charge in [-0.2, -0.15) is 13.2 Å². The van der Waals surface area contributed by atoms with E-state index in [1.54, 1.807) is 0 Å². The summed E-state index contributed by atoms with van der Waals surface area (Å²) in [4.78, 5) is 0. The highest BCUT2D eigenvalue weighted by molar-refractivity contribution is 4.88. The van der Waals surface area contributed by atoms with E-state index in [1.807, 2.05) is 0 Å². The molecule has 2 nitrogen and oxygen atoms in total. The Balaban J connectivity index is 4.76. The van der Waals surface area contributed by atoms with Gasteiger partial charge in [-0.15, -0.1) is 0 Å². The molecule has 2 N–H and O–H groups in total. The monoisotopic (exact) mass is 240 g/mol. The molecule has 2 unspecified atom stereocenters. The van der Waals surface area contributed by atoms with E-state index in [1.165, 1.54) is 0 Å². The van der Waals surface area contributed by atoms with E-state index in [0.29, 0.717) is 0 Å². The maximum Gasteiger partial charge on any atom is 0.425 e. The summed E-state index contributed by atoms with van der Waals surface area (Å²) in [6.45, 7) is -2.19. The minimum atomic E-state index is -5.69. The molecule has 0 aliphatic carbocycles. The lowest BCUT2D eigenvalue weighted by molar-refractivity contribution is -0.261. The van der Waals surface area contributed by atoms with E-state index in [0.717, 1.165) is 0 Å². The molecule has 2 atom stereocenters. The quantitative estimate of drug-likeness (QED) is 0.715. The molecule has 0 amide bonds. The summed E-state index contributed by atoms with van der Waals surface area (Å²) in [5.74, 6) is -6.99. The Hall–Kier alpha value is -0.500. The van der Waals surface area contributed by atoms with Gasteiger partial charge in [0.15, 0.2) is 0 Å². The molecule has 0 radical (unpaired) electrons. The second-order valence-electron chi connectivity index (χ2n) is 2.97. The molecule has 0 aliphatic heterocycles. The zero-order chi connectivity index (χ0) is 12.3. The van der Waals surface area contributed by atoms with Crippen LogP contribution < -0.4 is 0 Å². The molecule has 0 aromatic rings. The molecule has 0 bridgehead atoms. The summed E-state index contributed by atoms with van der Waals surface area (Å²) in [7, 11) is 0. The first kappa shape index (κ1) is 14.5. The van der Waals surface area contributed by atoms with Crippen LogP contribution in [0.5, 0.6) is 0 Å². The first-order valence-corrected chi connectivity index (χ1v) is 3.98. The molecule has 15 heavy (non-hydrogen) atoms. The number of hydrogen-bond acceptors (Lipinski definition) is 2.